The summed E-state index contributed by atoms with van der Waals surface area (Å²) in [6.45, 7) is 3.91. The Bertz CT molecular complexity index is 1360. The summed E-state index contributed by atoms with van der Waals surface area (Å²) in [6.07, 6.45) is -2.50. The Kier molecular flexibility index (Phi) is 7.55. The fourth-order valence-corrected chi connectivity index (χ4v) is 4.85. The Hall–Kier alpha value is -3.57. The summed E-state index contributed by atoms with van der Waals surface area (Å²) in [7, 11) is 0. The zero-order valence-corrected chi connectivity index (χ0v) is 21.4. The molecule has 206 valence electrons. The third kappa shape index (κ3) is 5.74. The molecule has 1 aliphatic carbocycles. The topological polar surface area (TPSA) is 85.4 Å². The highest BCUT2D eigenvalue weighted by molar-refractivity contribution is 5.80. The molecule has 39 heavy (non-hydrogen) atoms. The second-order valence-electron chi connectivity index (χ2n) is 9.78. The minimum absolute atomic E-state index is 0.0394. The maximum Gasteiger partial charge on any atom is 0.266 e. The first-order chi connectivity index (χ1) is 18.7. The summed E-state index contributed by atoms with van der Waals surface area (Å²) in [5.74, 6) is -1.05. The van der Waals surface area contributed by atoms with Crippen LogP contribution < -0.4 is 10.6 Å². The number of hydrogen-bond acceptors (Lipinski definition) is 6. The van der Waals surface area contributed by atoms with E-state index in [1.165, 1.54) is 24.3 Å². The van der Waals surface area contributed by atoms with E-state index in [1.54, 1.807) is 26.0 Å². The molecule has 2 aliphatic rings. The van der Waals surface area contributed by atoms with Gasteiger partial charge in [0.25, 0.3) is 6.43 Å². The lowest BCUT2D eigenvalue weighted by molar-refractivity contribution is -0.121. The van der Waals surface area contributed by atoms with Crippen molar-refractivity contribution >= 4 is 11.7 Å². The van der Waals surface area contributed by atoms with Crippen LogP contribution in [-0.4, -0.2) is 29.1 Å². The van der Waals surface area contributed by atoms with E-state index in [0.29, 0.717) is 30.3 Å². The highest BCUT2D eigenvalue weighted by Crippen LogP contribution is 2.45. The normalized spacial score (nSPS) is 17.3. The molecule has 0 radical (unpaired) electrons. The van der Waals surface area contributed by atoms with Crippen molar-refractivity contribution in [1.82, 2.24) is 15.3 Å². The summed E-state index contributed by atoms with van der Waals surface area (Å²) in [6, 6.07) is 9.14. The highest BCUT2D eigenvalue weighted by atomic mass is 19.3. The number of benzene rings is 2. The fraction of sp³-hybridized carbons (Fsp3) is 0.393. The lowest BCUT2D eigenvalue weighted by Crippen LogP contribution is -2.36. The Balaban J connectivity index is 1.43. The van der Waals surface area contributed by atoms with Gasteiger partial charge in [0.1, 0.15) is 23.3 Å². The van der Waals surface area contributed by atoms with Crippen molar-refractivity contribution in [3.8, 4) is 0 Å². The molecule has 1 amide bonds. The summed E-state index contributed by atoms with van der Waals surface area (Å²) < 4.78 is 66.2. The van der Waals surface area contributed by atoms with Gasteiger partial charge in [-0.15, -0.1) is 0 Å². The van der Waals surface area contributed by atoms with E-state index < -0.39 is 35.7 Å². The molecule has 3 aromatic rings. The van der Waals surface area contributed by atoms with Gasteiger partial charge in [0.15, 0.2) is 6.29 Å². The van der Waals surface area contributed by atoms with Gasteiger partial charge < -0.3 is 20.1 Å². The second kappa shape index (κ2) is 10.9. The first-order valence-electron chi connectivity index (χ1n) is 12.7. The number of nitrogens with one attached hydrogen (secondary N) is 2. The van der Waals surface area contributed by atoms with Crippen LogP contribution in [0.2, 0.25) is 0 Å². The molecule has 2 N–H and O–H groups in total. The van der Waals surface area contributed by atoms with Gasteiger partial charge in [0.05, 0.1) is 48.0 Å². The summed E-state index contributed by atoms with van der Waals surface area (Å²) in [4.78, 5) is 22.2. The van der Waals surface area contributed by atoms with E-state index in [0.717, 1.165) is 24.5 Å². The Morgan fingerprint density at radius 3 is 2.36 bits per heavy atom. The van der Waals surface area contributed by atoms with Crippen LogP contribution in [0.3, 0.4) is 0 Å². The van der Waals surface area contributed by atoms with E-state index in [-0.39, 0.29) is 29.5 Å². The maximum absolute atomic E-state index is 14.9. The van der Waals surface area contributed by atoms with Gasteiger partial charge in [-0.25, -0.2) is 27.5 Å². The molecule has 1 atom stereocenters. The Labute approximate surface area is 223 Å². The average molecular weight is 545 g/mol. The van der Waals surface area contributed by atoms with Crippen molar-refractivity contribution in [2.45, 2.75) is 57.4 Å². The smallest absolute Gasteiger partial charge is 0.266 e. The number of hydrogen-bond donors (Lipinski definition) is 2. The molecule has 2 fully saturated rings. The van der Waals surface area contributed by atoms with Crippen molar-refractivity contribution in [3.05, 3.63) is 87.9 Å². The third-order valence-corrected chi connectivity index (χ3v) is 6.96. The molecule has 0 unspecified atom stereocenters. The fourth-order valence-electron chi connectivity index (χ4n) is 4.85. The standard InChI is InChI=1S/C28H28F4N4O3/c1-15(19-4-3-5-20(24(19)30)25(31)32)33-26-23(27-38-12-13-39-27)21(34-16(2)35-26)14-22(37)36-28(10-11-28)17-6-8-18(29)9-7-17/h3-9,15,25,27H,10-14H2,1-2H3,(H,36,37)(H,33,34,35)/t15-/m1/s1. The molecule has 2 heterocycles. The van der Waals surface area contributed by atoms with Gasteiger partial charge in [0.2, 0.25) is 5.91 Å². The number of rotatable bonds is 9. The van der Waals surface area contributed by atoms with Gasteiger partial charge in [-0.3, -0.25) is 4.79 Å². The van der Waals surface area contributed by atoms with Crippen molar-refractivity contribution < 1.29 is 31.8 Å². The van der Waals surface area contributed by atoms with E-state index >= 15 is 0 Å². The lowest BCUT2D eigenvalue weighted by Gasteiger charge is -2.23. The molecule has 0 bridgehead atoms. The van der Waals surface area contributed by atoms with Gasteiger partial charge in [-0.1, -0.05) is 30.3 Å². The predicted molar refractivity (Wildman–Crippen MR) is 134 cm³/mol. The predicted octanol–water partition coefficient (Wildman–Crippen LogP) is 5.57. The third-order valence-electron chi connectivity index (χ3n) is 6.96. The average Bonchev–Trinajstić information content (AvgIpc) is 3.45. The largest absolute Gasteiger partial charge is 0.363 e. The molecule has 11 heteroatoms. The van der Waals surface area contributed by atoms with Crippen LogP contribution in [-0.2, 0) is 26.2 Å². The van der Waals surface area contributed by atoms with Crippen LogP contribution in [0, 0.1) is 18.6 Å². The van der Waals surface area contributed by atoms with Gasteiger partial charge in [-0.2, -0.15) is 0 Å². The molecule has 7 nitrogen and oxygen atoms in total. The number of aromatic nitrogens is 2. The Morgan fingerprint density at radius 1 is 1.05 bits per heavy atom. The number of anilines is 1. The molecule has 1 aliphatic heterocycles. The van der Waals surface area contributed by atoms with Crippen LogP contribution in [0.1, 0.15) is 72.3 Å². The van der Waals surface area contributed by atoms with Gasteiger partial charge >= 0.3 is 0 Å². The molecular formula is C28H28F4N4O3. The quantitative estimate of drug-likeness (QED) is 0.343. The zero-order valence-electron chi connectivity index (χ0n) is 21.4. The number of ether oxygens (including phenoxy) is 2. The number of carbonyl (C=O) groups excluding carboxylic acids is 1. The molecule has 1 saturated carbocycles. The van der Waals surface area contributed by atoms with Crippen LogP contribution >= 0.6 is 0 Å². The summed E-state index contributed by atoms with van der Waals surface area (Å²) in [5.41, 5.74) is 0.363. The van der Waals surface area contributed by atoms with Crippen molar-refractivity contribution in [3.63, 3.8) is 0 Å². The molecule has 1 saturated heterocycles. The van der Waals surface area contributed by atoms with E-state index in [1.807, 2.05) is 0 Å². The monoisotopic (exact) mass is 544 g/mol. The number of amides is 1. The zero-order chi connectivity index (χ0) is 27.7. The number of aryl methyl sites for hydroxylation is 1. The van der Waals surface area contributed by atoms with Crippen LogP contribution in [0.4, 0.5) is 23.4 Å². The SMILES string of the molecule is Cc1nc(CC(=O)NC2(c3ccc(F)cc3)CC2)c(C2OCCO2)c(N[C@H](C)c2cccc(C(F)F)c2F)n1. The van der Waals surface area contributed by atoms with Gasteiger partial charge in [-0.05, 0) is 44.4 Å². The maximum atomic E-state index is 14.9. The van der Waals surface area contributed by atoms with E-state index in [4.69, 9.17) is 9.47 Å². The first kappa shape index (κ1) is 27.0. The molecule has 1 aromatic heterocycles. The van der Waals surface area contributed by atoms with Crippen LogP contribution in [0.5, 0.6) is 0 Å². The molecule has 2 aromatic carbocycles. The second-order valence-corrected chi connectivity index (χ2v) is 9.78. The van der Waals surface area contributed by atoms with E-state index in [2.05, 4.69) is 20.6 Å². The molecule has 5 rings (SSSR count). The number of nitrogens with zero attached hydrogens (tertiary/aromatic N) is 2. The first-order valence-corrected chi connectivity index (χ1v) is 12.7. The van der Waals surface area contributed by atoms with Crippen molar-refractivity contribution in [2.24, 2.45) is 0 Å². The Morgan fingerprint density at radius 2 is 1.72 bits per heavy atom. The van der Waals surface area contributed by atoms with Gasteiger partial charge in [0, 0.05) is 5.56 Å². The van der Waals surface area contributed by atoms with Crippen LogP contribution in [0.25, 0.3) is 0 Å². The minimum atomic E-state index is -2.95. The molecular weight excluding hydrogens is 516 g/mol. The summed E-state index contributed by atoms with van der Waals surface area (Å²) >= 11 is 0. The van der Waals surface area contributed by atoms with Crippen molar-refractivity contribution in [2.75, 3.05) is 18.5 Å². The lowest BCUT2D eigenvalue weighted by atomic mass is 10.0. The van der Waals surface area contributed by atoms with Crippen molar-refractivity contribution in [1.29, 1.82) is 0 Å². The highest BCUT2D eigenvalue weighted by Gasteiger charge is 2.45. The summed E-state index contributed by atoms with van der Waals surface area (Å²) in [5, 5.41) is 6.15. The van der Waals surface area contributed by atoms with E-state index in [9.17, 15) is 22.4 Å². The number of carbonyl (C=O) groups is 1. The number of halogens is 4. The van der Waals surface area contributed by atoms with Crippen LogP contribution in [0.15, 0.2) is 42.5 Å². The number of alkyl halides is 2. The molecule has 0 spiro atoms. The minimum Gasteiger partial charge on any atom is -0.363 e.